The maximum atomic E-state index is 9.85. The third kappa shape index (κ3) is 1.73. The summed E-state index contributed by atoms with van der Waals surface area (Å²) in [6.45, 7) is 0. The summed E-state index contributed by atoms with van der Waals surface area (Å²) in [4.78, 5) is 0. The zero-order valence-electron chi connectivity index (χ0n) is 6.88. The van der Waals surface area contributed by atoms with Crippen LogP contribution in [0.15, 0.2) is 0 Å². The molecule has 0 aromatic heterocycles. The van der Waals surface area contributed by atoms with Gasteiger partial charge in [0, 0.05) is 11.5 Å². The van der Waals surface area contributed by atoms with Gasteiger partial charge in [-0.05, 0) is 12.3 Å². The summed E-state index contributed by atoms with van der Waals surface area (Å²) < 4.78 is 0. The molecule has 1 nitrogen and oxygen atoms in total. The lowest BCUT2D eigenvalue weighted by molar-refractivity contribution is 0.0520. The summed E-state index contributed by atoms with van der Waals surface area (Å²) in [5.74, 6) is 2.83. The van der Waals surface area contributed by atoms with Crippen LogP contribution in [0.5, 0.6) is 0 Å². The van der Waals surface area contributed by atoms with Crippen LogP contribution in [0.2, 0.25) is 0 Å². The molecular formula is C9H16OS. The van der Waals surface area contributed by atoms with Gasteiger partial charge >= 0.3 is 0 Å². The third-order valence-electron chi connectivity index (χ3n) is 2.88. The molecule has 1 saturated heterocycles. The van der Waals surface area contributed by atoms with E-state index in [4.69, 9.17) is 0 Å². The van der Waals surface area contributed by atoms with Crippen molar-refractivity contribution in [3.05, 3.63) is 0 Å². The van der Waals surface area contributed by atoms with Crippen LogP contribution >= 0.6 is 11.8 Å². The molecule has 1 heterocycles. The van der Waals surface area contributed by atoms with Gasteiger partial charge in [-0.3, -0.25) is 0 Å². The second-order valence-electron chi connectivity index (χ2n) is 4.07. The van der Waals surface area contributed by atoms with Gasteiger partial charge in [0.25, 0.3) is 0 Å². The third-order valence-corrected chi connectivity index (χ3v) is 4.37. The molecule has 0 radical (unpaired) electrons. The van der Waals surface area contributed by atoms with Crippen molar-refractivity contribution in [2.24, 2.45) is 5.92 Å². The van der Waals surface area contributed by atoms with Crippen LogP contribution in [0.4, 0.5) is 0 Å². The Morgan fingerprint density at radius 1 is 1.27 bits per heavy atom. The van der Waals surface area contributed by atoms with E-state index >= 15 is 0 Å². The molecule has 0 aromatic carbocycles. The lowest BCUT2D eigenvalue weighted by atomic mass is 9.91. The highest BCUT2D eigenvalue weighted by molar-refractivity contribution is 8.00. The van der Waals surface area contributed by atoms with Crippen molar-refractivity contribution in [2.75, 3.05) is 11.5 Å². The Kier molecular flexibility index (Phi) is 2.15. The first-order chi connectivity index (χ1) is 5.29. The van der Waals surface area contributed by atoms with Gasteiger partial charge in [0.15, 0.2) is 0 Å². The summed E-state index contributed by atoms with van der Waals surface area (Å²) >= 11 is 1.88. The first-order valence-electron chi connectivity index (χ1n) is 4.59. The summed E-state index contributed by atoms with van der Waals surface area (Å²) in [6, 6.07) is 0. The van der Waals surface area contributed by atoms with Crippen molar-refractivity contribution in [1.82, 2.24) is 0 Å². The maximum Gasteiger partial charge on any atom is 0.0830 e. The Morgan fingerprint density at radius 2 is 1.91 bits per heavy atom. The average Bonchev–Trinajstić information content (AvgIpc) is 2.36. The first-order valence-corrected chi connectivity index (χ1v) is 5.74. The molecule has 11 heavy (non-hydrogen) atoms. The predicted octanol–water partition coefficient (Wildman–Crippen LogP) is 2.04. The van der Waals surface area contributed by atoms with Crippen LogP contribution in [-0.4, -0.2) is 22.2 Å². The number of rotatable bonds is 2. The molecule has 2 rings (SSSR count). The summed E-state index contributed by atoms with van der Waals surface area (Å²) in [5.41, 5.74) is -0.250. The van der Waals surface area contributed by atoms with E-state index in [0.29, 0.717) is 0 Å². The number of hydrogen-bond acceptors (Lipinski definition) is 2. The molecule has 2 heteroatoms. The number of aliphatic hydroxyl groups is 1. The topological polar surface area (TPSA) is 20.2 Å². The molecule has 1 N–H and O–H groups in total. The lowest BCUT2D eigenvalue weighted by Gasteiger charge is -2.37. The molecule has 1 saturated carbocycles. The highest BCUT2D eigenvalue weighted by atomic mass is 32.2. The van der Waals surface area contributed by atoms with E-state index in [1.807, 2.05) is 11.8 Å². The molecule has 1 aliphatic heterocycles. The second-order valence-corrected chi connectivity index (χ2v) is 5.06. The minimum absolute atomic E-state index is 0.250. The Bertz CT molecular complexity index is 136. The van der Waals surface area contributed by atoms with E-state index in [1.54, 1.807) is 0 Å². The zero-order chi connectivity index (χ0) is 7.73. The van der Waals surface area contributed by atoms with Crippen molar-refractivity contribution in [2.45, 2.75) is 37.7 Å². The van der Waals surface area contributed by atoms with Gasteiger partial charge in [0.05, 0.1) is 5.60 Å². The standard InChI is InChI=1S/C9H16OS/c10-9(6-11-7-9)5-8-3-1-2-4-8/h8,10H,1-7H2. The lowest BCUT2D eigenvalue weighted by Crippen LogP contribution is -2.44. The van der Waals surface area contributed by atoms with E-state index in [1.165, 1.54) is 25.7 Å². The second kappa shape index (κ2) is 2.98. The van der Waals surface area contributed by atoms with Gasteiger partial charge in [-0.15, -0.1) is 0 Å². The number of thioether (sulfide) groups is 1. The van der Waals surface area contributed by atoms with Gasteiger partial charge in [0.1, 0.15) is 0 Å². The van der Waals surface area contributed by atoms with Crippen molar-refractivity contribution < 1.29 is 5.11 Å². The fraction of sp³-hybridized carbons (Fsp3) is 1.00. The molecule has 0 unspecified atom stereocenters. The SMILES string of the molecule is OC1(CC2CCCC2)CSC1. The summed E-state index contributed by atoms with van der Waals surface area (Å²) in [5, 5.41) is 9.85. The summed E-state index contributed by atoms with van der Waals surface area (Å²) in [7, 11) is 0. The minimum atomic E-state index is -0.250. The monoisotopic (exact) mass is 172 g/mol. The Balaban J connectivity index is 1.79. The van der Waals surface area contributed by atoms with E-state index in [2.05, 4.69) is 0 Å². The van der Waals surface area contributed by atoms with Crippen LogP contribution in [0, 0.1) is 5.92 Å². The Morgan fingerprint density at radius 3 is 2.36 bits per heavy atom. The highest BCUT2D eigenvalue weighted by Gasteiger charge is 2.37. The van der Waals surface area contributed by atoms with Crippen LogP contribution < -0.4 is 0 Å². The zero-order valence-corrected chi connectivity index (χ0v) is 7.70. The van der Waals surface area contributed by atoms with E-state index < -0.39 is 0 Å². The molecule has 0 aromatic rings. The van der Waals surface area contributed by atoms with Gasteiger partial charge in [-0.25, -0.2) is 0 Å². The molecule has 2 fully saturated rings. The molecule has 0 bridgehead atoms. The van der Waals surface area contributed by atoms with Gasteiger partial charge in [-0.1, -0.05) is 25.7 Å². The predicted molar refractivity (Wildman–Crippen MR) is 48.8 cm³/mol. The van der Waals surface area contributed by atoms with Crippen molar-refractivity contribution in [1.29, 1.82) is 0 Å². The van der Waals surface area contributed by atoms with Crippen molar-refractivity contribution >= 4 is 11.8 Å². The van der Waals surface area contributed by atoms with E-state index in [-0.39, 0.29) is 5.60 Å². The largest absolute Gasteiger partial charge is 0.388 e. The molecular weight excluding hydrogens is 156 g/mol. The average molecular weight is 172 g/mol. The molecule has 64 valence electrons. The Hall–Kier alpha value is 0.310. The van der Waals surface area contributed by atoms with Crippen molar-refractivity contribution in [3.8, 4) is 0 Å². The van der Waals surface area contributed by atoms with Crippen LogP contribution in [0.25, 0.3) is 0 Å². The van der Waals surface area contributed by atoms with Crippen LogP contribution in [0.3, 0.4) is 0 Å². The minimum Gasteiger partial charge on any atom is -0.388 e. The molecule has 0 amide bonds. The molecule has 0 atom stereocenters. The van der Waals surface area contributed by atoms with Crippen LogP contribution in [0.1, 0.15) is 32.1 Å². The van der Waals surface area contributed by atoms with E-state index in [9.17, 15) is 5.11 Å². The maximum absolute atomic E-state index is 9.85. The quantitative estimate of drug-likeness (QED) is 0.688. The molecule has 2 aliphatic rings. The van der Waals surface area contributed by atoms with Gasteiger partial charge in [-0.2, -0.15) is 11.8 Å². The normalized spacial score (nSPS) is 30.3. The van der Waals surface area contributed by atoms with Gasteiger partial charge in [0.2, 0.25) is 0 Å². The van der Waals surface area contributed by atoms with Gasteiger partial charge < -0.3 is 5.11 Å². The fourth-order valence-corrected chi connectivity index (χ4v) is 3.12. The van der Waals surface area contributed by atoms with Crippen molar-refractivity contribution in [3.63, 3.8) is 0 Å². The highest BCUT2D eigenvalue weighted by Crippen LogP contribution is 2.39. The fourth-order valence-electron chi connectivity index (χ4n) is 2.21. The van der Waals surface area contributed by atoms with E-state index in [0.717, 1.165) is 23.8 Å². The Labute approximate surface area is 72.6 Å². The number of hydrogen-bond donors (Lipinski definition) is 1. The smallest absolute Gasteiger partial charge is 0.0830 e. The van der Waals surface area contributed by atoms with Crippen LogP contribution in [-0.2, 0) is 0 Å². The summed E-state index contributed by atoms with van der Waals surface area (Å²) in [6.07, 6.45) is 6.61. The first kappa shape index (κ1) is 7.93. The molecule has 0 spiro atoms. The molecule has 1 aliphatic carbocycles.